The first-order valence-corrected chi connectivity index (χ1v) is 7.01. The van der Waals surface area contributed by atoms with Crippen LogP contribution in [0, 0.1) is 11.6 Å². The second kappa shape index (κ2) is 6.16. The molecule has 0 saturated heterocycles. The smallest absolute Gasteiger partial charge is 0.163 e. The van der Waals surface area contributed by atoms with Gasteiger partial charge in [-0.05, 0) is 37.5 Å². The van der Waals surface area contributed by atoms with Gasteiger partial charge in [0.25, 0.3) is 0 Å². The van der Waals surface area contributed by atoms with E-state index in [2.05, 4.69) is 5.10 Å². The molecule has 0 unspecified atom stereocenters. The quantitative estimate of drug-likeness (QED) is 0.790. The van der Waals surface area contributed by atoms with Crippen LogP contribution in [0.5, 0.6) is 0 Å². The zero-order valence-electron chi connectivity index (χ0n) is 12.4. The molecule has 1 aromatic heterocycles. The van der Waals surface area contributed by atoms with Crippen LogP contribution in [0.15, 0.2) is 18.2 Å². The fourth-order valence-corrected chi connectivity index (χ4v) is 2.51. The number of carbonyl (C=O) groups excluding carboxylic acids is 1. The molecule has 1 aromatic carbocycles. The Hall–Kier alpha value is -2.04. The zero-order chi connectivity index (χ0) is 15.6. The average molecular weight is 292 g/mol. The lowest BCUT2D eigenvalue weighted by Crippen LogP contribution is -2.08. The molecule has 0 radical (unpaired) electrons. The molecule has 0 atom stereocenters. The highest BCUT2D eigenvalue weighted by Gasteiger charge is 2.19. The molecule has 0 aliphatic carbocycles. The number of ketones is 1. The molecule has 0 N–H and O–H groups in total. The number of halogens is 2. The summed E-state index contributed by atoms with van der Waals surface area (Å²) in [5, 5.41) is 4.45. The summed E-state index contributed by atoms with van der Waals surface area (Å²) < 4.78 is 28.0. The summed E-state index contributed by atoms with van der Waals surface area (Å²) in [4.78, 5) is 11.8. The van der Waals surface area contributed by atoms with Gasteiger partial charge < -0.3 is 0 Å². The van der Waals surface area contributed by atoms with Gasteiger partial charge in [0.15, 0.2) is 17.4 Å². The van der Waals surface area contributed by atoms with Crippen LogP contribution in [0.4, 0.5) is 8.78 Å². The molecule has 5 heteroatoms. The molecule has 0 aliphatic heterocycles. The van der Waals surface area contributed by atoms with Gasteiger partial charge in [0, 0.05) is 5.69 Å². The second-order valence-electron chi connectivity index (χ2n) is 4.94. The van der Waals surface area contributed by atoms with Crippen LogP contribution in [-0.2, 0) is 19.4 Å². The van der Waals surface area contributed by atoms with Crippen LogP contribution in [0.2, 0.25) is 0 Å². The minimum Gasteiger partial charge on any atom is -0.294 e. The Labute approximate surface area is 122 Å². The van der Waals surface area contributed by atoms with Crippen LogP contribution in [0.1, 0.15) is 48.1 Å². The van der Waals surface area contributed by atoms with Gasteiger partial charge in [-0.2, -0.15) is 5.10 Å². The van der Waals surface area contributed by atoms with E-state index in [0.717, 1.165) is 23.5 Å². The van der Waals surface area contributed by atoms with Crippen LogP contribution in [0.25, 0.3) is 0 Å². The highest BCUT2D eigenvalue weighted by atomic mass is 19.2. The van der Waals surface area contributed by atoms with Gasteiger partial charge in [-0.1, -0.05) is 19.9 Å². The van der Waals surface area contributed by atoms with Crippen LogP contribution >= 0.6 is 0 Å². The molecule has 2 aromatic rings. The first-order valence-electron chi connectivity index (χ1n) is 7.01. The molecule has 2 rings (SSSR count). The predicted molar refractivity (Wildman–Crippen MR) is 76.4 cm³/mol. The molecular formula is C16H18F2N2O. The molecule has 0 saturated carbocycles. The lowest BCUT2D eigenvalue weighted by molar-refractivity contribution is 0.101. The molecule has 0 spiro atoms. The molecule has 0 bridgehead atoms. The van der Waals surface area contributed by atoms with Gasteiger partial charge in [-0.25, -0.2) is 8.78 Å². The van der Waals surface area contributed by atoms with Crippen LogP contribution < -0.4 is 0 Å². The summed E-state index contributed by atoms with van der Waals surface area (Å²) in [5.74, 6) is -1.76. The third-order valence-corrected chi connectivity index (χ3v) is 3.47. The van der Waals surface area contributed by atoms with Gasteiger partial charge in [0.05, 0.1) is 17.8 Å². The topological polar surface area (TPSA) is 34.9 Å². The maximum atomic E-state index is 13.3. The second-order valence-corrected chi connectivity index (χ2v) is 4.94. The number of Topliss-reactive ketones (excluding diaryl/α,β-unsaturated/α-hetero) is 1. The first kappa shape index (κ1) is 15.4. The average Bonchev–Trinajstić information content (AvgIpc) is 2.80. The van der Waals surface area contributed by atoms with Crippen molar-refractivity contribution in [3.63, 3.8) is 0 Å². The maximum Gasteiger partial charge on any atom is 0.163 e. The highest BCUT2D eigenvalue weighted by Crippen LogP contribution is 2.19. The summed E-state index contributed by atoms with van der Waals surface area (Å²) in [6.45, 7) is 5.73. The Kier molecular flexibility index (Phi) is 4.50. The summed E-state index contributed by atoms with van der Waals surface area (Å²) >= 11 is 0. The third kappa shape index (κ3) is 3.01. The van der Waals surface area contributed by atoms with Gasteiger partial charge in [0.2, 0.25) is 0 Å². The first-order chi connectivity index (χ1) is 9.97. The molecule has 112 valence electrons. The van der Waals surface area contributed by atoms with Gasteiger partial charge in [-0.3, -0.25) is 9.48 Å². The summed E-state index contributed by atoms with van der Waals surface area (Å²) in [6.07, 6.45) is 1.32. The van der Waals surface area contributed by atoms with Gasteiger partial charge in [-0.15, -0.1) is 0 Å². The van der Waals surface area contributed by atoms with Crippen molar-refractivity contribution in [1.82, 2.24) is 9.78 Å². The van der Waals surface area contributed by atoms with Crippen molar-refractivity contribution in [3.8, 4) is 0 Å². The van der Waals surface area contributed by atoms with Crippen molar-refractivity contribution >= 4 is 5.78 Å². The minimum absolute atomic E-state index is 0.0137. The monoisotopic (exact) mass is 292 g/mol. The van der Waals surface area contributed by atoms with Crippen LogP contribution in [0.3, 0.4) is 0 Å². The fraction of sp³-hybridized carbons (Fsp3) is 0.375. The lowest BCUT2D eigenvalue weighted by Gasteiger charge is -2.07. The van der Waals surface area contributed by atoms with E-state index in [1.165, 1.54) is 13.0 Å². The van der Waals surface area contributed by atoms with E-state index in [4.69, 9.17) is 0 Å². The Morgan fingerprint density at radius 1 is 1.19 bits per heavy atom. The van der Waals surface area contributed by atoms with Gasteiger partial charge in [0.1, 0.15) is 0 Å². The van der Waals surface area contributed by atoms with Crippen molar-refractivity contribution in [2.75, 3.05) is 0 Å². The van der Waals surface area contributed by atoms with E-state index < -0.39 is 11.6 Å². The predicted octanol–water partition coefficient (Wildman–Crippen LogP) is 3.54. The molecule has 3 nitrogen and oxygen atoms in total. The summed E-state index contributed by atoms with van der Waals surface area (Å²) in [7, 11) is 0. The molecule has 1 heterocycles. The Bertz CT molecular complexity index is 677. The van der Waals surface area contributed by atoms with Crippen molar-refractivity contribution in [2.45, 2.75) is 40.2 Å². The van der Waals surface area contributed by atoms with Crippen LogP contribution in [-0.4, -0.2) is 15.6 Å². The molecule has 0 aliphatic rings. The third-order valence-electron chi connectivity index (χ3n) is 3.47. The number of carbonyl (C=O) groups is 1. The Morgan fingerprint density at radius 2 is 1.90 bits per heavy atom. The van der Waals surface area contributed by atoms with Crippen molar-refractivity contribution in [1.29, 1.82) is 0 Å². The van der Waals surface area contributed by atoms with E-state index in [1.54, 1.807) is 4.68 Å². The normalized spacial score (nSPS) is 10.9. The number of rotatable bonds is 5. The molecular weight excluding hydrogens is 274 g/mol. The molecule has 0 amide bonds. The number of hydrogen-bond acceptors (Lipinski definition) is 2. The largest absolute Gasteiger partial charge is 0.294 e. The van der Waals surface area contributed by atoms with E-state index >= 15 is 0 Å². The van der Waals surface area contributed by atoms with E-state index in [0.29, 0.717) is 30.5 Å². The van der Waals surface area contributed by atoms with E-state index in [1.807, 2.05) is 13.8 Å². The Balaban J connectivity index is 2.44. The van der Waals surface area contributed by atoms with Crippen molar-refractivity contribution in [3.05, 3.63) is 52.3 Å². The number of nitrogens with zero attached hydrogens (tertiary/aromatic N) is 2. The van der Waals surface area contributed by atoms with E-state index in [-0.39, 0.29) is 5.78 Å². The van der Waals surface area contributed by atoms with E-state index in [9.17, 15) is 13.6 Å². The fourth-order valence-electron chi connectivity index (χ4n) is 2.51. The summed E-state index contributed by atoms with van der Waals surface area (Å²) in [5.41, 5.74) is 2.86. The SMILES string of the molecule is CCc1nn(Cc2ccc(F)c(F)c2)c(CC)c1C(C)=O. The maximum absolute atomic E-state index is 13.3. The molecule has 21 heavy (non-hydrogen) atoms. The number of aromatic nitrogens is 2. The molecule has 0 fully saturated rings. The number of aryl methyl sites for hydroxylation is 1. The number of benzene rings is 1. The van der Waals surface area contributed by atoms with Crippen molar-refractivity contribution < 1.29 is 13.6 Å². The standard InChI is InChI=1S/C16H18F2N2O/c1-4-14-16(10(3)21)15(5-2)20(19-14)9-11-6-7-12(17)13(18)8-11/h6-8H,4-5,9H2,1-3H3. The minimum atomic E-state index is -0.875. The van der Waals surface area contributed by atoms with Gasteiger partial charge >= 0.3 is 0 Å². The Morgan fingerprint density at radius 3 is 2.43 bits per heavy atom. The lowest BCUT2D eigenvalue weighted by atomic mass is 10.1. The zero-order valence-corrected chi connectivity index (χ0v) is 12.4. The van der Waals surface area contributed by atoms with Crippen molar-refractivity contribution in [2.24, 2.45) is 0 Å². The number of hydrogen-bond donors (Lipinski definition) is 0. The summed E-state index contributed by atoms with van der Waals surface area (Å²) in [6, 6.07) is 3.79. The highest BCUT2D eigenvalue weighted by molar-refractivity contribution is 5.96.